The van der Waals surface area contributed by atoms with E-state index in [0.717, 1.165) is 28.0 Å². The number of imidazole rings is 1. The smallest absolute Gasteiger partial charge is 0.241 e. The molecule has 3 heteroatoms. The topological polar surface area (TPSA) is 17.8 Å². The summed E-state index contributed by atoms with van der Waals surface area (Å²) < 4.78 is 1.99. The van der Waals surface area contributed by atoms with Crippen molar-refractivity contribution in [1.82, 2.24) is 9.55 Å². The lowest BCUT2D eigenvalue weighted by Gasteiger charge is -2.10. The molecule has 0 amide bonds. The minimum Gasteiger partial charge on any atom is -0.317 e. The predicted octanol–water partition coefficient (Wildman–Crippen LogP) is 3.90. The van der Waals surface area contributed by atoms with Gasteiger partial charge in [0.1, 0.15) is 0 Å². The van der Waals surface area contributed by atoms with Crippen LogP contribution >= 0.6 is 0 Å². The molecule has 0 bridgehead atoms. The highest BCUT2D eigenvalue weighted by Gasteiger charge is 2.11. The third-order valence-electron chi connectivity index (χ3n) is 3.59. The van der Waals surface area contributed by atoms with Crippen molar-refractivity contribution in [2.24, 2.45) is 0 Å². The first-order valence-electron chi connectivity index (χ1n) is 7.60. The zero-order chi connectivity index (χ0) is 16.1. The van der Waals surface area contributed by atoms with Crippen molar-refractivity contribution in [3.05, 3.63) is 90.8 Å². The maximum atomic E-state index is 4.45. The molecular formula is C20H18BN2. The fraction of sp³-hybridized carbons (Fsp3) is 0.0500. The molecule has 0 saturated carbocycles. The average molecular weight is 297 g/mol. The number of rotatable bonds is 5. The van der Waals surface area contributed by atoms with E-state index in [-0.39, 0.29) is 0 Å². The molecule has 1 aromatic heterocycles. The monoisotopic (exact) mass is 297 g/mol. The Labute approximate surface area is 138 Å². The van der Waals surface area contributed by atoms with Crippen LogP contribution < -0.4 is 5.72 Å². The summed E-state index contributed by atoms with van der Waals surface area (Å²) in [6, 6.07) is 20.7. The molecule has 111 valence electrons. The normalized spacial score (nSPS) is 11.3. The average Bonchev–Trinajstić information content (AvgIpc) is 3.04. The van der Waals surface area contributed by atoms with Gasteiger partial charge in [0, 0.05) is 18.1 Å². The highest BCUT2D eigenvalue weighted by molar-refractivity contribution is 6.73. The molecule has 0 unspecified atom stereocenters. The maximum Gasteiger partial charge on any atom is 0.241 e. The van der Waals surface area contributed by atoms with E-state index in [1.54, 1.807) is 6.20 Å². The van der Waals surface area contributed by atoms with Gasteiger partial charge < -0.3 is 4.57 Å². The van der Waals surface area contributed by atoms with E-state index < -0.39 is 0 Å². The van der Waals surface area contributed by atoms with Gasteiger partial charge in [0.05, 0.1) is 5.72 Å². The third kappa shape index (κ3) is 3.69. The zero-order valence-electron chi connectivity index (χ0n) is 13.2. The van der Waals surface area contributed by atoms with E-state index in [2.05, 4.69) is 49.2 Å². The number of nitrogens with zero attached hydrogens (tertiary/aromatic N) is 2. The van der Waals surface area contributed by atoms with Crippen molar-refractivity contribution in [1.29, 1.82) is 0 Å². The molecule has 0 aliphatic carbocycles. The summed E-state index contributed by atoms with van der Waals surface area (Å²) in [6.45, 7) is 5.98. The van der Waals surface area contributed by atoms with Crippen LogP contribution in [0.2, 0.25) is 0 Å². The van der Waals surface area contributed by atoms with Crippen molar-refractivity contribution in [3.63, 3.8) is 0 Å². The molecule has 2 nitrogen and oxygen atoms in total. The summed E-state index contributed by atoms with van der Waals surface area (Å²) in [5.74, 6) is 0. The van der Waals surface area contributed by atoms with Crippen LogP contribution in [0.5, 0.6) is 0 Å². The second-order valence-corrected chi connectivity index (χ2v) is 5.41. The van der Waals surface area contributed by atoms with Crippen molar-refractivity contribution in [2.45, 2.75) is 6.92 Å². The molecule has 0 fully saturated rings. The van der Waals surface area contributed by atoms with Gasteiger partial charge in [-0.1, -0.05) is 78.8 Å². The molecule has 0 atom stereocenters. The molecule has 0 N–H and O–H groups in total. The summed E-state index contributed by atoms with van der Waals surface area (Å²) >= 11 is 0. The minimum atomic E-state index is 0.878. The lowest BCUT2D eigenvalue weighted by molar-refractivity contribution is 1.13. The minimum absolute atomic E-state index is 0.878. The fourth-order valence-corrected chi connectivity index (χ4v) is 2.45. The molecule has 1 heterocycles. The van der Waals surface area contributed by atoms with Crippen LogP contribution in [-0.4, -0.2) is 16.8 Å². The van der Waals surface area contributed by atoms with Crippen molar-refractivity contribution < 1.29 is 0 Å². The van der Waals surface area contributed by atoms with Gasteiger partial charge in [-0.2, -0.15) is 0 Å². The predicted molar refractivity (Wildman–Crippen MR) is 99.4 cm³/mol. The van der Waals surface area contributed by atoms with Crippen LogP contribution in [0.3, 0.4) is 0 Å². The Balaban J connectivity index is 2.01. The number of aromatic nitrogens is 2. The molecule has 0 aliphatic heterocycles. The second kappa shape index (κ2) is 6.97. The lowest BCUT2D eigenvalue weighted by atomic mass is 9.65. The summed E-state index contributed by atoms with van der Waals surface area (Å²) in [4.78, 5) is 4.45. The third-order valence-corrected chi connectivity index (χ3v) is 3.59. The van der Waals surface area contributed by atoms with E-state index in [1.165, 1.54) is 0 Å². The Bertz CT molecular complexity index is 817. The summed E-state index contributed by atoms with van der Waals surface area (Å²) in [5.41, 5.74) is 5.26. The largest absolute Gasteiger partial charge is 0.317 e. The van der Waals surface area contributed by atoms with Gasteiger partial charge >= 0.3 is 0 Å². The molecule has 3 aromatic rings. The Kier molecular flexibility index (Phi) is 4.58. The SMILES string of the molecule is C=C(C)n1ccnc1[B]C(=Cc1ccccc1)c1ccccc1. The van der Waals surface area contributed by atoms with Crippen LogP contribution in [0.15, 0.2) is 79.6 Å². The highest BCUT2D eigenvalue weighted by atomic mass is 15.0. The zero-order valence-corrected chi connectivity index (χ0v) is 13.2. The van der Waals surface area contributed by atoms with Crippen LogP contribution in [-0.2, 0) is 0 Å². The van der Waals surface area contributed by atoms with Gasteiger partial charge in [-0.3, -0.25) is 4.98 Å². The van der Waals surface area contributed by atoms with Gasteiger partial charge in [0.2, 0.25) is 7.28 Å². The van der Waals surface area contributed by atoms with Gasteiger partial charge in [-0.05, 0) is 18.1 Å². The fourth-order valence-electron chi connectivity index (χ4n) is 2.45. The molecule has 0 saturated heterocycles. The van der Waals surface area contributed by atoms with E-state index in [4.69, 9.17) is 0 Å². The van der Waals surface area contributed by atoms with Crippen molar-refractivity contribution in [2.75, 3.05) is 0 Å². The Morgan fingerprint density at radius 3 is 2.35 bits per heavy atom. The Morgan fingerprint density at radius 2 is 1.70 bits per heavy atom. The number of benzene rings is 2. The summed E-state index contributed by atoms with van der Waals surface area (Å²) in [6.07, 6.45) is 5.90. The molecular weight excluding hydrogens is 279 g/mol. The quantitative estimate of drug-likeness (QED) is 0.516. The van der Waals surface area contributed by atoms with E-state index in [0.29, 0.717) is 0 Å². The number of hydrogen-bond donors (Lipinski definition) is 0. The second-order valence-electron chi connectivity index (χ2n) is 5.41. The van der Waals surface area contributed by atoms with Crippen LogP contribution in [0.4, 0.5) is 0 Å². The number of allylic oxidation sites excluding steroid dienone is 1. The molecule has 0 aliphatic rings. The molecule has 2 aromatic carbocycles. The van der Waals surface area contributed by atoms with Crippen LogP contribution in [0.1, 0.15) is 18.1 Å². The van der Waals surface area contributed by atoms with E-state index in [9.17, 15) is 0 Å². The summed E-state index contributed by atoms with van der Waals surface area (Å²) in [5, 5.41) is 0. The van der Waals surface area contributed by atoms with Crippen LogP contribution in [0.25, 0.3) is 17.2 Å². The maximum absolute atomic E-state index is 4.45. The molecule has 23 heavy (non-hydrogen) atoms. The van der Waals surface area contributed by atoms with Gasteiger partial charge in [-0.25, -0.2) is 0 Å². The molecule has 0 spiro atoms. The first-order valence-corrected chi connectivity index (χ1v) is 7.60. The Morgan fingerprint density at radius 1 is 1.04 bits per heavy atom. The Hall–Kier alpha value is -2.81. The lowest BCUT2D eigenvalue weighted by Crippen LogP contribution is -2.26. The number of hydrogen-bond acceptors (Lipinski definition) is 1. The molecule has 3 rings (SSSR count). The van der Waals surface area contributed by atoms with Crippen molar-refractivity contribution in [3.8, 4) is 0 Å². The highest BCUT2D eigenvalue weighted by Crippen LogP contribution is 2.17. The molecule has 1 radical (unpaired) electrons. The first-order chi connectivity index (χ1) is 11.2. The first kappa shape index (κ1) is 15.1. The van der Waals surface area contributed by atoms with E-state index in [1.807, 2.05) is 54.1 Å². The standard InChI is InChI=1S/C20H18BN2/c1-16(2)23-14-13-22-20(23)21-19(18-11-7-4-8-12-18)15-17-9-5-3-6-10-17/h3-15H,1H2,2H3. The van der Waals surface area contributed by atoms with Crippen LogP contribution in [0, 0.1) is 0 Å². The van der Waals surface area contributed by atoms with Gasteiger partial charge in [-0.15, -0.1) is 0 Å². The van der Waals surface area contributed by atoms with E-state index >= 15 is 0 Å². The van der Waals surface area contributed by atoms with Crippen molar-refractivity contribution >= 4 is 30.2 Å². The summed E-state index contributed by atoms with van der Waals surface area (Å²) in [7, 11) is 2.09. The van der Waals surface area contributed by atoms with Gasteiger partial charge in [0.15, 0.2) is 0 Å². The van der Waals surface area contributed by atoms with Gasteiger partial charge in [0.25, 0.3) is 0 Å².